The van der Waals surface area contributed by atoms with E-state index in [1.165, 1.54) is 19.4 Å². The van der Waals surface area contributed by atoms with Gasteiger partial charge in [0.15, 0.2) is 0 Å². The Balaban J connectivity index is 1.95. The second-order valence-corrected chi connectivity index (χ2v) is 4.28. The molecule has 0 heterocycles. The van der Waals surface area contributed by atoms with Crippen LogP contribution in [0.4, 0.5) is 0 Å². The molecule has 0 aromatic rings. The lowest BCUT2D eigenvalue weighted by Gasteiger charge is -2.13. The fraction of sp³-hybridized carbons (Fsp3) is 1.00. The van der Waals surface area contributed by atoms with Gasteiger partial charge in [0.05, 0.1) is 0 Å². The highest BCUT2D eigenvalue weighted by Gasteiger charge is 2.36. The molecule has 0 radical (unpaired) electrons. The van der Waals surface area contributed by atoms with Crippen LogP contribution in [0.3, 0.4) is 0 Å². The number of rotatable bonds is 5. The molecule has 0 saturated heterocycles. The van der Waals surface area contributed by atoms with E-state index in [-0.39, 0.29) is 0 Å². The molecule has 66 valence electrons. The average Bonchev–Trinajstić information content (AvgIpc) is 2.68. The Morgan fingerprint density at radius 3 is 2.64 bits per heavy atom. The zero-order valence-electron chi connectivity index (χ0n) is 7.69. The molecule has 11 heavy (non-hydrogen) atoms. The van der Waals surface area contributed by atoms with E-state index in [0.29, 0.717) is 11.3 Å². The molecule has 0 aromatic heterocycles. The quantitative estimate of drug-likeness (QED) is 0.622. The van der Waals surface area contributed by atoms with Crippen molar-refractivity contribution in [3.05, 3.63) is 0 Å². The molecule has 1 aliphatic rings. The summed E-state index contributed by atoms with van der Waals surface area (Å²) < 4.78 is 0. The van der Waals surface area contributed by atoms with Crippen LogP contribution in [0.2, 0.25) is 0 Å². The van der Waals surface area contributed by atoms with Crippen LogP contribution < -0.4 is 11.1 Å². The highest BCUT2D eigenvalue weighted by atomic mass is 14.9. The van der Waals surface area contributed by atoms with Crippen LogP contribution in [0.25, 0.3) is 0 Å². The second kappa shape index (κ2) is 3.55. The zero-order valence-corrected chi connectivity index (χ0v) is 7.69. The molecule has 3 N–H and O–H groups in total. The zero-order chi connectivity index (χ0) is 8.32. The maximum atomic E-state index is 5.50. The van der Waals surface area contributed by atoms with Gasteiger partial charge in [0.2, 0.25) is 0 Å². The van der Waals surface area contributed by atoms with Gasteiger partial charge in [-0.2, -0.15) is 0 Å². The van der Waals surface area contributed by atoms with Crippen molar-refractivity contribution < 1.29 is 0 Å². The summed E-state index contributed by atoms with van der Waals surface area (Å²) >= 11 is 0. The molecule has 0 aromatic carbocycles. The predicted octanol–water partition coefficient (Wildman–Crippen LogP) is 0.971. The van der Waals surface area contributed by atoms with Gasteiger partial charge in [-0.05, 0) is 37.3 Å². The monoisotopic (exact) mass is 156 g/mol. The van der Waals surface area contributed by atoms with Crippen LogP contribution in [-0.4, -0.2) is 19.6 Å². The first-order valence-electron chi connectivity index (χ1n) is 4.57. The van der Waals surface area contributed by atoms with Crippen molar-refractivity contribution in [3.63, 3.8) is 0 Å². The number of hydrogen-bond acceptors (Lipinski definition) is 2. The lowest BCUT2D eigenvalue weighted by Crippen LogP contribution is -2.29. The number of hydrogen-bond donors (Lipinski definition) is 2. The highest BCUT2D eigenvalue weighted by molar-refractivity contribution is 4.90. The predicted molar refractivity (Wildman–Crippen MR) is 48.4 cm³/mol. The van der Waals surface area contributed by atoms with Gasteiger partial charge in [-0.15, -0.1) is 0 Å². The number of nitrogens with one attached hydrogen (secondary N) is 1. The summed E-state index contributed by atoms with van der Waals surface area (Å²) in [6.45, 7) is 7.57. The lowest BCUT2D eigenvalue weighted by molar-refractivity contribution is 0.452. The van der Waals surface area contributed by atoms with Crippen molar-refractivity contribution in [2.24, 2.45) is 17.1 Å². The molecule has 1 rings (SSSR count). The van der Waals surface area contributed by atoms with Crippen molar-refractivity contribution in [2.45, 2.75) is 26.7 Å². The first-order chi connectivity index (χ1) is 5.16. The third kappa shape index (κ3) is 3.21. The molecular weight excluding hydrogens is 136 g/mol. The summed E-state index contributed by atoms with van der Waals surface area (Å²) in [7, 11) is 0. The summed E-state index contributed by atoms with van der Waals surface area (Å²) in [6, 6.07) is 0. The maximum Gasteiger partial charge on any atom is 0.000529 e. The maximum absolute atomic E-state index is 5.50. The summed E-state index contributed by atoms with van der Waals surface area (Å²) in [5.74, 6) is 0.623. The molecule has 2 nitrogen and oxygen atoms in total. The average molecular weight is 156 g/mol. The van der Waals surface area contributed by atoms with Crippen LogP contribution in [0.15, 0.2) is 0 Å². The fourth-order valence-electron chi connectivity index (χ4n) is 1.09. The summed E-state index contributed by atoms with van der Waals surface area (Å²) in [5, 5.41) is 3.46. The van der Waals surface area contributed by atoms with Gasteiger partial charge in [0, 0.05) is 6.54 Å². The lowest BCUT2D eigenvalue weighted by atomic mass is 10.1. The van der Waals surface area contributed by atoms with Crippen LogP contribution >= 0.6 is 0 Å². The Kier molecular flexibility index (Phi) is 2.90. The normalized spacial score (nSPS) is 23.2. The molecule has 0 bridgehead atoms. The van der Waals surface area contributed by atoms with E-state index in [9.17, 15) is 0 Å². The van der Waals surface area contributed by atoms with E-state index < -0.39 is 0 Å². The van der Waals surface area contributed by atoms with E-state index in [4.69, 9.17) is 5.73 Å². The van der Waals surface area contributed by atoms with Crippen LogP contribution in [0.5, 0.6) is 0 Å². The molecular formula is C9H20N2. The number of nitrogens with two attached hydrogens (primary N) is 1. The van der Waals surface area contributed by atoms with Crippen LogP contribution in [0.1, 0.15) is 26.7 Å². The van der Waals surface area contributed by atoms with Gasteiger partial charge in [0.1, 0.15) is 0 Å². The van der Waals surface area contributed by atoms with E-state index >= 15 is 0 Å². The minimum atomic E-state index is 0.623. The van der Waals surface area contributed by atoms with E-state index in [1.807, 2.05) is 0 Å². The van der Waals surface area contributed by atoms with Crippen molar-refractivity contribution in [3.8, 4) is 0 Å². The minimum Gasteiger partial charge on any atom is -0.330 e. The molecule has 1 saturated carbocycles. The Labute approximate surface area is 69.5 Å². The van der Waals surface area contributed by atoms with Crippen molar-refractivity contribution in [1.82, 2.24) is 5.32 Å². The van der Waals surface area contributed by atoms with Crippen molar-refractivity contribution in [2.75, 3.05) is 19.6 Å². The fourth-order valence-corrected chi connectivity index (χ4v) is 1.09. The van der Waals surface area contributed by atoms with E-state index in [0.717, 1.165) is 13.1 Å². The molecule has 2 heteroatoms. The van der Waals surface area contributed by atoms with Crippen molar-refractivity contribution in [1.29, 1.82) is 0 Å². The Hall–Kier alpha value is -0.0800. The van der Waals surface area contributed by atoms with E-state index in [2.05, 4.69) is 19.2 Å². The molecule has 1 fully saturated rings. The molecule has 0 spiro atoms. The largest absolute Gasteiger partial charge is 0.330 e. The van der Waals surface area contributed by atoms with Crippen molar-refractivity contribution >= 4 is 0 Å². The third-order valence-corrected chi connectivity index (χ3v) is 2.55. The van der Waals surface area contributed by atoms with Crippen LogP contribution in [0, 0.1) is 11.3 Å². The van der Waals surface area contributed by atoms with Gasteiger partial charge in [-0.1, -0.05) is 13.8 Å². The second-order valence-electron chi connectivity index (χ2n) is 4.28. The topological polar surface area (TPSA) is 38.0 Å². The van der Waals surface area contributed by atoms with Gasteiger partial charge in [-0.25, -0.2) is 0 Å². The van der Waals surface area contributed by atoms with Gasteiger partial charge in [-0.3, -0.25) is 0 Å². The first kappa shape index (κ1) is 9.01. The van der Waals surface area contributed by atoms with E-state index in [1.54, 1.807) is 0 Å². The summed E-state index contributed by atoms with van der Waals surface area (Å²) in [6.07, 6.45) is 2.80. The Morgan fingerprint density at radius 2 is 2.18 bits per heavy atom. The molecule has 1 atom stereocenters. The molecule has 0 aliphatic heterocycles. The summed E-state index contributed by atoms with van der Waals surface area (Å²) in [5.41, 5.74) is 6.13. The molecule has 1 aliphatic carbocycles. The van der Waals surface area contributed by atoms with Gasteiger partial charge >= 0.3 is 0 Å². The SMILES string of the molecule is CC(CN)CNCC1(C)CC1. The molecule has 0 amide bonds. The highest BCUT2D eigenvalue weighted by Crippen LogP contribution is 2.43. The van der Waals surface area contributed by atoms with Crippen LogP contribution in [-0.2, 0) is 0 Å². The van der Waals surface area contributed by atoms with Gasteiger partial charge in [0.25, 0.3) is 0 Å². The first-order valence-corrected chi connectivity index (χ1v) is 4.57. The smallest absolute Gasteiger partial charge is 0.000529 e. The summed E-state index contributed by atoms with van der Waals surface area (Å²) in [4.78, 5) is 0. The Bertz CT molecular complexity index is 119. The van der Waals surface area contributed by atoms with Gasteiger partial charge < -0.3 is 11.1 Å². The third-order valence-electron chi connectivity index (χ3n) is 2.55. The standard InChI is InChI=1S/C9H20N2/c1-8(5-10)6-11-7-9(2)3-4-9/h8,11H,3-7,10H2,1-2H3. The Morgan fingerprint density at radius 1 is 1.55 bits per heavy atom. The molecule has 1 unspecified atom stereocenters. The minimum absolute atomic E-state index is 0.623.